The van der Waals surface area contributed by atoms with E-state index in [0.717, 1.165) is 0 Å². The molecule has 0 spiro atoms. The predicted molar refractivity (Wildman–Crippen MR) is 54.0 cm³/mol. The van der Waals surface area contributed by atoms with Crippen molar-refractivity contribution >= 4 is 19.7 Å². The summed E-state index contributed by atoms with van der Waals surface area (Å²) in [6, 6.07) is 0. The van der Waals surface area contributed by atoms with Crippen molar-refractivity contribution in [2.24, 2.45) is 0 Å². The van der Waals surface area contributed by atoms with Gasteiger partial charge in [-0.05, 0) is 0 Å². The molecule has 0 aromatic carbocycles. The maximum absolute atomic E-state index is 11.1. The first-order chi connectivity index (χ1) is 6.29. The number of hydrogen-bond donors (Lipinski definition) is 1. The highest BCUT2D eigenvalue weighted by molar-refractivity contribution is 7.98. The molecule has 1 unspecified atom stereocenters. The molecule has 82 valence electrons. The molecule has 1 atom stereocenters. The standard InChI is InChI=1S/C7H12O5S2/c1-3-13(9,10)6-7(5-8)14(11,12)4-2/h3-4,7-8H,1-2,5-6H2. The lowest BCUT2D eigenvalue weighted by Crippen LogP contribution is -2.30. The van der Waals surface area contributed by atoms with Crippen LogP contribution < -0.4 is 0 Å². The predicted octanol–water partition coefficient (Wildman–Crippen LogP) is -0.536. The number of aliphatic hydroxyl groups excluding tert-OH is 1. The number of aliphatic hydroxyl groups is 1. The van der Waals surface area contributed by atoms with Crippen LogP contribution in [0.15, 0.2) is 24.0 Å². The molecule has 5 nitrogen and oxygen atoms in total. The molecule has 0 bridgehead atoms. The first-order valence-electron chi connectivity index (χ1n) is 3.61. The molecule has 14 heavy (non-hydrogen) atoms. The lowest BCUT2D eigenvalue weighted by Gasteiger charge is -2.10. The molecule has 0 saturated heterocycles. The Morgan fingerprint density at radius 3 is 1.93 bits per heavy atom. The lowest BCUT2D eigenvalue weighted by atomic mass is 10.5. The SMILES string of the molecule is C=CS(=O)(=O)CC(CO)S(=O)(=O)C=C. The Hall–Kier alpha value is -0.660. The Labute approximate surface area is 83.6 Å². The van der Waals surface area contributed by atoms with Crippen LogP contribution in [0.5, 0.6) is 0 Å². The molecule has 0 aliphatic rings. The van der Waals surface area contributed by atoms with Gasteiger partial charge in [-0.15, -0.1) is 0 Å². The largest absolute Gasteiger partial charge is 0.395 e. The van der Waals surface area contributed by atoms with Crippen molar-refractivity contribution in [1.82, 2.24) is 0 Å². The fourth-order valence-electron chi connectivity index (χ4n) is 0.715. The van der Waals surface area contributed by atoms with Crippen LogP contribution in [-0.2, 0) is 19.7 Å². The third-order valence-electron chi connectivity index (χ3n) is 1.57. The van der Waals surface area contributed by atoms with Gasteiger partial charge in [0.2, 0.25) is 0 Å². The van der Waals surface area contributed by atoms with E-state index >= 15 is 0 Å². The molecule has 7 heteroatoms. The highest BCUT2D eigenvalue weighted by Gasteiger charge is 2.26. The molecule has 0 rings (SSSR count). The zero-order chi connectivity index (χ0) is 11.4. The van der Waals surface area contributed by atoms with Gasteiger partial charge < -0.3 is 5.11 Å². The summed E-state index contributed by atoms with van der Waals surface area (Å²) in [5.74, 6) is -0.679. The molecule has 0 aliphatic heterocycles. The summed E-state index contributed by atoms with van der Waals surface area (Å²) in [4.78, 5) is 0. The average molecular weight is 240 g/mol. The van der Waals surface area contributed by atoms with Gasteiger partial charge in [0.25, 0.3) is 0 Å². The van der Waals surface area contributed by atoms with Crippen molar-refractivity contribution in [1.29, 1.82) is 0 Å². The Morgan fingerprint density at radius 2 is 1.64 bits per heavy atom. The first kappa shape index (κ1) is 13.3. The van der Waals surface area contributed by atoms with E-state index in [1.807, 2.05) is 0 Å². The molecular weight excluding hydrogens is 228 g/mol. The highest BCUT2D eigenvalue weighted by Crippen LogP contribution is 2.07. The van der Waals surface area contributed by atoms with Crippen LogP contribution in [-0.4, -0.2) is 39.6 Å². The van der Waals surface area contributed by atoms with Crippen molar-refractivity contribution in [3.8, 4) is 0 Å². The second-order valence-electron chi connectivity index (χ2n) is 2.56. The summed E-state index contributed by atoms with van der Waals surface area (Å²) < 4.78 is 44.3. The monoisotopic (exact) mass is 240 g/mol. The molecule has 0 aliphatic carbocycles. The molecule has 0 aromatic heterocycles. The van der Waals surface area contributed by atoms with Gasteiger partial charge in [0.1, 0.15) is 5.25 Å². The van der Waals surface area contributed by atoms with Crippen molar-refractivity contribution in [3.05, 3.63) is 24.0 Å². The van der Waals surface area contributed by atoms with Crippen LogP contribution in [0.3, 0.4) is 0 Å². The Kier molecular flexibility index (Phi) is 4.50. The van der Waals surface area contributed by atoms with Gasteiger partial charge in [0, 0.05) is 10.8 Å². The van der Waals surface area contributed by atoms with E-state index in [4.69, 9.17) is 5.11 Å². The van der Waals surface area contributed by atoms with Crippen molar-refractivity contribution in [3.63, 3.8) is 0 Å². The van der Waals surface area contributed by atoms with Crippen LogP contribution in [0.25, 0.3) is 0 Å². The van der Waals surface area contributed by atoms with E-state index in [1.165, 1.54) is 0 Å². The Balaban J connectivity index is 4.98. The molecule has 0 radical (unpaired) electrons. The lowest BCUT2D eigenvalue weighted by molar-refractivity contribution is 0.296. The maximum atomic E-state index is 11.1. The zero-order valence-corrected chi connectivity index (χ0v) is 9.09. The average Bonchev–Trinajstić information content (AvgIpc) is 2.14. The van der Waals surface area contributed by atoms with Crippen LogP contribution in [0.2, 0.25) is 0 Å². The van der Waals surface area contributed by atoms with Gasteiger partial charge in [-0.25, -0.2) is 16.8 Å². The van der Waals surface area contributed by atoms with E-state index < -0.39 is 37.3 Å². The second-order valence-corrected chi connectivity index (χ2v) is 6.73. The van der Waals surface area contributed by atoms with Crippen LogP contribution in [0.1, 0.15) is 0 Å². The summed E-state index contributed by atoms with van der Waals surface area (Å²) in [5, 5.41) is 8.65. The minimum atomic E-state index is -3.77. The first-order valence-corrected chi connectivity index (χ1v) is 6.94. The van der Waals surface area contributed by atoms with Gasteiger partial charge in [-0.1, -0.05) is 13.2 Å². The number of hydrogen-bond acceptors (Lipinski definition) is 5. The van der Waals surface area contributed by atoms with Crippen LogP contribution >= 0.6 is 0 Å². The minimum absolute atomic E-state index is 0.631. The van der Waals surface area contributed by atoms with Gasteiger partial charge in [-0.3, -0.25) is 0 Å². The van der Waals surface area contributed by atoms with Gasteiger partial charge in [0.05, 0.1) is 12.4 Å². The Morgan fingerprint density at radius 1 is 1.14 bits per heavy atom. The zero-order valence-electron chi connectivity index (χ0n) is 7.46. The molecule has 0 amide bonds. The molecule has 0 fully saturated rings. The maximum Gasteiger partial charge on any atom is 0.177 e. The third-order valence-corrected chi connectivity index (χ3v) is 4.87. The fourth-order valence-corrected chi connectivity index (χ4v) is 3.28. The van der Waals surface area contributed by atoms with E-state index in [0.29, 0.717) is 10.8 Å². The minimum Gasteiger partial charge on any atom is -0.395 e. The van der Waals surface area contributed by atoms with Crippen molar-refractivity contribution in [2.45, 2.75) is 5.25 Å². The van der Waals surface area contributed by atoms with Gasteiger partial charge >= 0.3 is 0 Å². The van der Waals surface area contributed by atoms with Gasteiger partial charge in [0.15, 0.2) is 19.7 Å². The summed E-state index contributed by atoms with van der Waals surface area (Å²) in [5.41, 5.74) is 0. The normalized spacial score (nSPS) is 14.6. The van der Waals surface area contributed by atoms with Gasteiger partial charge in [-0.2, -0.15) is 0 Å². The molecule has 0 aromatic rings. The summed E-state index contributed by atoms with van der Waals surface area (Å²) >= 11 is 0. The summed E-state index contributed by atoms with van der Waals surface area (Å²) in [6.07, 6.45) is 0. The van der Waals surface area contributed by atoms with Crippen LogP contribution in [0, 0.1) is 0 Å². The van der Waals surface area contributed by atoms with E-state index in [9.17, 15) is 16.8 Å². The van der Waals surface area contributed by atoms with Crippen LogP contribution in [0.4, 0.5) is 0 Å². The topological polar surface area (TPSA) is 88.5 Å². The van der Waals surface area contributed by atoms with E-state index in [-0.39, 0.29) is 0 Å². The smallest absolute Gasteiger partial charge is 0.177 e. The fraction of sp³-hybridized carbons (Fsp3) is 0.429. The Bertz CT molecular complexity index is 403. The van der Waals surface area contributed by atoms with E-state index in [1.54, 1.807) is 0 Å². The molecule has 0 saturated carbocycles. The molecular formula is C7H12O5S2. The molecule has 0 heterocycles. The molecule has 1 N–H and O–H groups in total. The summed E-state index contributed by atoms with van der Waals surface area (Å²) in [6.45, 7) is 5.31. The van der Waals surface area contributed by atoms with E-state index in [2.05, 4.69) is 13.2 Å². The highest BCUT2D eigenvalue weighted by atomic mass is 32.2. The number of rotatable bonds is 6. The quantitative estimate of drug-likeness (QED) is 0.674. The third kappa shape index (κ3) is 3.60. The number of sulfone groups is 2. The van der Waals surface area contributed by atoms with Crippen molar-refractivity contribution < 1.29 is 21.9 Å². The second kappa shape index (κ2) is 4.72. The summed E-state index contributed by atoms with van der Waals surface area (Å²) in [7, 11) is -7.41. The van der Waals surface area contributed by atoms with Crippen molar-refractivity contribution in [2.75, 3.05) is 12.4 Å².